The molecule has 3 rings (SSSR count). The summed E-state index contributed by atoms with van der Waals surface area (Å²) in [6, 6.07) is 11.3. The van der Waals surface area contributed by atoms with Gasteiger partial charge < -0.3 is 14.2 Å². The maximum absolute atomic E-state index is 12.5. The molecular weight excluding hydrogens is 351 g/mol. The van der Waals surface area contributed by atoms with Crippen molar-refractivity contribution in [3.8, 4) is 23.3 Å². The lowest BCUT2D eigenvalue weighted by molar-refractivity contribution is -0.274. The molecule has 8 heteroatoms. The fraction of sp³-hybridized carbons (Fsp3) is 0.111. The van der Waals surface area contributed by atoms with E-state index < -0.39 is 17.9 Å². The molecule has 1 heterocycles. The van der Waals surface area contributed by atoms with Gasteiger partial charge in [-0.1, -0.05) is 18.2 Å². The van der Waals surface area contributed by atoms with Crippen LogP contribution >= 0.6 is 0 Å². The normalized spacial score (nSPS) is 13.2. The maximum Gasteiger partial charge on any atom is 0.573 e. The Balaban J connectivity index is 1.94. The van der Waals surface area contributed by atoms with E-state index in [1.165, 1.54) is 36.4 Å². The number of carbonyl (C=O) groups excluding carboxylic acids is 1. The van der Waals surface area contributed by atoms with Crippen molar-refractivity contribution in [1.82, 2.24) is 0 Å². The molecule has 0 unspecified atom stereocenters. The summed E-state index contributed by atoms with van der Waals surface area (Å²) in [4.78, 5) is 12.5. The number of hydrogen-bond donors (Lipinski definition) is 0. The van der Waals surface area contributed by atoms with Gasteiger partial charge in [-0.2, -0.15) is 5.26 Å². The van der Waals surface area contributed by atoms with E-state index in [2.05, 4.69) is 4.74 Å². The SMILES string of the molecule is N#CC(=Cc1ccccc1OC(F)(F)F)C(=O)c1ccc2c(c1)OCO2. The molecule has 132 valence electrons. The van der Waals surface area contributed by atoms with Gasteiger partial charge in [-0.25, -0.2) is 0 Å². The largest absolute Gasteiger partial charge is 0.573 e. The first-order valence-corrected chi connectivity index (χ1v) is 7.28. The van der Waals surface area contributed by atoms with Crippen molar-refractivity contribution in [1.29, 1.82) is 5.26 Å². The second-order valence-electron chi connectivity index (χ2n) is 5.15. The molecular formula is C18H10F3NO4. The highest BCUT2D eigenvalue weighted by atomic mass is 19.4. The molecule has 1 aliphatic heterocycles. The smallest absolute Gasteiger partial charge is 0.454 e. The van der Waals surface area contributed by atoms with Gasteiger partial charge in [-0.05, 0) is 30.3 Å². The molecule has 26 heavy (non-hydrogen) atoms. The van der Waals surface area contributed by atoms with Gasteiger partial charge in [0.2, 0.25) is 12.6 Å². The monoisotopic (exact) mass is 361 g/mol. The Morgan fingerprint density at radius 2 is 1.88 bits per heavy atom. The van der Waals surface area contributed by atoms with Crippen LogP contribution in [0.2, 0.25) is 0 Å². The van der Waals surface area contributed by atoms with Gasteiger partial charge >= 0.3 is 6.36 Å². The molecule has 0 bridgehead atoms. The number of allylic oxidation sites excluding steroid dienone is 1. The summed E-state index contributed by atoms with van der Waals surface area (Å²) < 4.78 is 51.7. The van der Waals surface area contributed by atoms with Crippen LogP contribution in [0, 0.1) is 11.3 Å². The van der Waals surface area contributed by atoms with Crippen molar-refractivity contribution >= 4 is 11.9 Å². The van der Waals surface area contributed by atoms with Gasteiger partial charge in [0.1, 0.15) is 17.4 Å². The number of benzene rings is 2. The summed E-state index contributed by atoms with van der Waals surface area (Å²) in [7, 11) is 0. The Morgan fingerprint density at radius 3 is 2.62 bits per heavy atom. The lowest BCUT2D eigenvalue weighted by Crippen LogP contribution is -2.17. The van der Waals surface area contributed by atoms with Crippen molar-refractivity contribution in [3.63, 3.8) is 0 Å². The van der Waals surface area contributed by atoms with Crippen LogP contribution < -0.4 is 14.2 Å². The topological polar surface area (TPSA) is 68.5 Å². The highest BCUT2D eigenvalue weighted by molar-refractivity contribution is 6.14. The molecule has 2 aromatic carbocycles. The number of carbonyl (C=O) groups is 1. The minimum atomic E-state index is -4.89. The second-order valence-corrected chi connectivity index (χ2v) is 5.15. The van der Waals surface area contributed by atoms with E-state index >= 15 is 0 Å². The van der Waals surface area contributed by atoms with E-state index in [0.717, 1.165) is 12.1 Å². The molecule has 0 saturated carbocycles. The number of hydrogen-bond acceptors (Lipinski definition) is 5. The lowest BCUT2D eigenvalue weighted by atomic mass is 10.0. The second kappa shape index (κ2) is 6.80. The van der Waals surface area contributed by atoms with E-state index in [-0.39, 0.29) is 23.5 Å². The molecule has 5 nitrogen and oxygen atoms in total. The average Bonchev–Trinajstić information content (AvgIpc) is 3.06. The molecule has 0 amide bonds. The first kappa shape index (κ1) is 17.4. The van der Waals surface area contributed by atoms with Crippen LogP contribution in [0.15, 0.2) is 48.0 Å². The summed E-state index contributed by atoms with van der Waals surface area (Å²) >= 11 is 0. The maximum atomic E-state index is 12.5. The first-order valence-electron chi connectivity index (χ1n) is 7.28. The number of Topliss-reactive ketones (excluding diaryl/α,β-unsaturated/α-hetero) is 1. The Hall–Kier alpha value is -3.47. The quantitative estimate of drug-likeness (QED) is 0.466. The number of nitrogens with zero attached hydrogens (tertiary/aromatic N) is 1. The number of ether oxygens (including phenoxy) is 3. The number of fused-ring (bicyclic) bond motifs is 1. The minimum absolute atomic E-state index is 0.0239. The van der Waals surface area contributed by atoms with Crippen molar-refractivity contribution in [2.24, 2.45) is 0 Å². The molecule has 0 spiro atoms. The first-order chi connectivity index (χ1) is 12.4. The molecule has 0 radical (unpaired) electrons. The molecule has 1 aliphatic rings. The zero-order valence-corrected chi connectivity index (χ0v) is 13.0. The van der Waals surface area contributed by atoms with Gasteiger partial charge in [0, 0.05) is 11.1 Å². The van der Waals surface area contributed by atoms with E-state index in [1.807, 2.05) is 0 Å². The lowest BCUT2D eigenvalue weighted by Gasteiger charge is -2.11. The molecule has 0 fully saturated rings. The van der Waals surface area contributed by atoms with E-state index in [9.17, 15) is 23.2 Å². The molecule has 0 saturated heterocycles. The molecule has 0 aromatic heterocycles. The van der Waals surface area contributed by atoms with Crippen molar-refractivity contribution in [2.45, 2.75) is 6.36 Å². The molecule has 0 atom stereocenters. The Bertz CT molecular complexity index is 929. The summed E-state index contributed by atoms with van der Waals surface area (Å²) in [5, 5.41) is 9.28. The van der Waals surface area contributed by atoms with E-state index in [0.29, 0.717) is 11.5 Å². The van der Waals surface area contributed by atoms with Crippen LogP contribution in [0.3, 0.4) is 0 Å². The highest BCUT2D eigenvalue weighted by Crippen LogP contribution is 2.33. The average molecular weight is 361 g/mol. The fourth-order valence-electron chi connectivity index (χ4n) is 2.31. The molecule has 0 N–H and O–H groups in total. The van der Waals surface area contributed by atoms with Gasteiger partial charge in [-0.3, -0.25) is 4.79 Å². The number of para-hydroxylation sites is 1. The molecule has 0 aliphatic carbocycles. The predicted molar refractivity (Wildman–Crippen MR) is 83.6 cm³/mol. The number of halogens is 3. The van der Waals surface area contributed by atoms with E-state index in [1.54, 1.807) is 6.07 Å². The van der Waals surface area contributed by atoms with E-state index in [4.69, 9.17) is 9.47 Å². The van der Waals surface area contributed by atoms with Crippen LogP contribution in [-0.2, 0) is 0 Å². The number of nitriles is 1. The third-order valence-electron chi connectivity index (χ3n) is 3.44. The zero-order chi connectivity index (χ0) is 18.7. The van der Waals surface area contributed by atoms with Crippen LogP contribution in [0.25, 0.3) is 6.08 Å². The van der Waals surface area contributed by atoms with Gasteiger partial charge in [0.15, 0.2) is 11.5 Å². The summed E-state index contributed by atoms with van der Waals surface area (Å²) in [6.07, 6.45) is -3.84. The summed E-state index contributed by atoms with van der Waals surface area (Å²) in [5.41, 5.74) is -0.242. The fourth-order valence-corrected chi connectivity index (χ4v) is 2.31. The Morgan fingerprint density at radius 1 is 1.15 bits per heavy atom. The Labute approximate surface area is 145 Å². The van der Waals surface area contributed by atoms with Crippen LogP contribution in [0.4, 0.5) is 13.2 Å². The standard InChI is InChI=1S/C18H10F3NO4/c19-18(20,21)26-14-4-2-1-3-11(14)7-13(9-22)17(23)12-5-6-15-16(8-12)25-10-24-15/h1-8H,10H2. The van der Waals surface area contributed by atoms with Crippen LogP contribution in [0.5, 0.6) is 17.2 Å². The zero-order valence-electron chi connectivity index (χ0n) is 13.0. The molecule has 2 aromatic rings. The third kappa shape index (κ3) is 3.78. The van der Waals surface area contributed by atoms with Crippen molar-refractivity contribution in [3.05, 3.63) is 59.2 Å². The van der Waals surface area contributed by atoms with Gasteiger partial charge in [0.05, 0.1) is 0 Å². The number of alkyl halides is 3. The number of ketones is 1. The number of rotatable bonds is 4. The Kier molecular flexibility index (Phi) is 4.54. The predicted octanol–water partition coefficient (Wildman–Crippen LogP) is 4.10. The summed E-state index contributed by atoms with van der Waals surface area (Å²) in [6.45, 7) is 0.0239. The van der Waals surface area contributed by atoms with Crippen molar-refractivity contribution < 1.29 is 32.2 Å². The van der Waals surface area contributed by atoms with Gasteiger partial charge in [-0.15, -0.1) is 13.2 Å². The van der Waals surface area contributed by atoms with Crippen LogP contribution in [0.1, 0.15) is 15.9 Å². The van der Waals surface area contributed by atoms with Crippen molar-refractivity contribution in [2.75, 3.05) is 6.79 Å². The third-order valence-corrected chi connectivity index (χ3v) is 3.44. The van der Waals surface area contributed by atoms with Gasteiger partial charge in [0.25, 0.3) is 0 Å². The summed E-state index contributed by atoms with van der Waals surface area (Å²) in [5.74, 6) is -0.347. The van der Waals surface area contributed by atoms with Crippen LogP contribution in [-0.4, -0.2) is 18.9 Å². The minimum Gasteiger partial charge on any atom is -0.454 e. The highest BCUT2D eigenvalue weighted by Gasteiger charge is 2.32.